The Morgan fingerprint density at radius 3 is 2.31 bits per heavy atom. The van der Waals surface area contributed by atoms with Gasteiger partial charge in [0, 0.05) is 10.8 Å². The third-order valence-electron chi connectivity index (χ3n) is 3.01. The summed E-state index contributed by atoms with van der Waals surface area (Å²) < 4.78 is 0. The van der Waals surface area contributed by atoms with Crippen LogP contribution in [-0.2, 0) is 5.41 Å². The SMILES string of the molecule is CC(C)(CO)c1cccc2cccc(O)c12. The van der Waals surface area contributed by atoms with Gasteiger partial charge in [-0.1, -0.05) is 44.2 Å². The Morgan fingerprint density at radius 1 is 1.06 bits per heavy atom. The number of rotatable bonds is 2. The highest BCUT2D eigenvalue weighted by Gasteiger charge is 2.22. The van der Waals surface area contributed by atoms with E-state index in [1.807, 2.05) is 44.2 Å². The Labute approximate surface area is 95.2 Å². The highest BCUT2D eigenvalue weighted by atomic mass is 16.3. The molecule has 0 spiro atoms. The molecular weight excluding hydrogens is 200 g/mol. The summed E-state index contributed by atoms with van der Waals surface area (Å²) in [5, 5.41) is 21.2. The molecule has 0 heterocycles. The van der Waals surface area contributed by atoms with Crippen LogP contribution in [-0.4, -0.2) is 16.8 Å². The van der Waals surface area contributed by atoms with Gasteiger partial charge in [-0.25, -0.2) is 0 Å². The van der Waals surface area contributed by atoms with Gasteiger partial charge < -0.3 is 10.2 Å². The van der Waals surface area contributed by atoms with Crippen molar-refractivity contribution in [2.45, 2.75) is 19.3 Å². The van der Waals surface area contributed by atoms with E-state index >= 15 is 0 Å². The van der Waals surface area contributed by atoms with Gasteiger partial charge in [-0.15, -0.1) is 0 Å². The molecular formula is C14H16O2. The van der Waals surface area contributed by atoms with Crippen molar-refractivity contribution in [1.82, 2.24) is 0 Å². The van der Waals surface area contributed by atoms with Crippen molar-refractivity contribution in [2.75, 3.05) is 6.61 Å². The fraction of sp³-hybridized carbons (Fsp3) is 0.286. The monoisotopic (exact) mass is 216 g/mol. The minimum atomic E-state index is -0.349. The second kappa shape index (κ2) is 3.80. The van der Waals surface area contributed by atoms with Crippen LogP contribution in [0.3, 0.4) is 0 Å². The van der Waals surface area contributed by atoms with Gasteiger partial charge in [0.25, 0.3) is 0 Å². The van der Waals surface area contributed by atoms with Crippen LogP contribution in [0.1, 0.15) is 19.4 Å². The largest absolute Gasteiger partial charge is 0.507 e. The lowest BCUT2D eigenvalue weighted by Gasteiger charge is -2.24. The zero-order valence-corrected chi connectivity index (χ0v) is 9.57. The van der Waals surface area contributed by atoms with Crippen LogP contribution >= 0.6 is 0 Å². The number of fused-ring (bicyclic) bond motifs is 1. The van der Waals surface area contributed by atoms with Crippen molar-refractivity contribution < 1.29 is 10.2 Å². The van der Waals surface area contributed by atoms with Crippen molar-refractivity contribution in [1.29, 1.82) is 0 Å². The Balaban J connectivity index is 2.80. The summed E-state index contributed by atoms with van der Waals surface area (Å²) in [7, 11) is 0. The molecule has 2 rings (SSSR count). The fourth-order valence-electron chi connectivity index (χ4n) is 1.97. The van der Waals surface area contributed by atoms with E-state index in [2.05, 4.69) is 0 Å². The van der Waals surface area contributed by atoms with Crippen LogP contribution in [0.4, 0.5) is 0 Å². The van der Waals surface area contributed by atoms with Crippen molar-refractivity contribution in [2.24, 2.45) is 0 Å². The molecule has 2 aromatic carbocycles. The molecule has 2 aromatic rings. The first-order chi connectivity index (χ1) is 7.56. The second-order valence-corrected chi connectivity index (χ2v) is 4.72. The Bertz CT molecular complexity index is 510. The van der Waals surface area contributed by atoms with Gasteiger partial charge in [-0.2, -0.15) is 0 Å². The van der Waals surface area contributed by atoms with E-state index in [0.29, 0.717) is 0 Å². The molecule has 0 bridgehead atoms. The summed E-state index contributed by atoms with van der Waals surface area (Å²) in [5.74, 6) is 0.273. The number of hydrogen-bond acceptors (Lipinski definition) is 2. The Kier molecular flexibility index (Phi) is 2.60. The van der Waals surface area contributed by atoms with E-state index in [4.69, 9.17) is 0 Å². The van der Waals surface area contributed by atoms with E-state index < -0.39 is 0 Å². The van der Waals surface area contributed by atoms with Crippen LogP contribution in [0.2, 0.25) is 0 Å². The number of aromatic hydroxyl groups is 1. The summed E-state index contributed by atoms with van der Waals surface area (Å²) >= 11 is 0. The molecule has 0 aliphatic heterocycles. The number of aliphatic hydroxyl groups excluding tert-OH is 1. The molecule has 0 saturated heterocycles. The van der Waals surface area contributed by atoms with Gasteiger partial charge in [0.2, 0.25) is 0 Å². The van der Waals surface area contributed by atoms with E-state index in [-0.39, 0.29) is 17.8 Å². The average molecular weight is 216 g/mol. The molecule has 0 aliphatic rings. The maximum Gasteiger partial charge on any atom is 0.123 e. The van der Waals surface area contributed by atoms with Crippen molar-refractivity contribution in [3.05, 3.63) is 42.0 Å². The van der Waals surface area contributed by atoms with Gasteiger partial charge in [-0.3, -0.25) is 0 Å². The molecule has 0 atom stereocenters. The van der Waals surface area contributed by atoms with E-state index in [0.717, 1.165) is 16.3 Å². The summed E-state index contributed by atoms with van der Waals surface area (Å²) in [6.07, 6.45) is 0. The first-order valence-electron chi connectivity index (χ1n) is 5.38. The molecule has 0 amide bonds. The number of aliphatic hydroxyl groups is 1. The maximum atomic E-state index is 9.93. The van der Waals surface area contributed by atoms with Crippen LogP contribution in [0.5, 0.6) is 5.75 Å². The van der Waals surface area contributed by atoms with Gasteiger partial charge in [0.05, 0.1) is 6.61 Å². The zero-order valence-electron chi connectivity index (χ0n) is 9.57. The van der Waals surface area contributed by atoms with Crippen molar-refractivity contribution in [3.8, 4) is 5.75 Å². The molecule has 0 radical (unpaired) electrons. The minimum absolute atomic E-state index is 0.0560. The highest BCUT2D eigenvalue weighted by Crippen LogP contribution is 2.34. The maximum absolute atomic E-state index is 9.93. The Hall–Kier alpha value is -1.54. The van der Waals surface area contributed by atoms with E-state index in [1.54, 1.807) is 6.07 Å². The molecule has 0 aromatic heterocycles. The topological polar surface area (TPSA) is 40.5 Å². The molecule has 2 heteroatoms. The molecule has 0 fully saturated rings. The molecule has 2 nitrogen and oxygen atoms in total. The lowest BCUT2D eigenvalue weighted by molar-refractivity contribution is 0.219. The predicted octanol–water partition coefficient (Wildman–Crippen LogP) is 2.82. The minimum Gasteiger partial charge on any atom is -0.507 e. The van der Waals surface area contributed by atoms with Gasteiger partial charge in [0.15, 0.2) is 0 Å². The van der Waals surface area contributed by atoms with Crippen LogP contribution in [0.25, 0.3) is 10.8 Å². The van der Waals surface area contributed by atoms with E-state index in [1.165, 1.54) is 0 Å². The standard InChI is InChI=1S/C14H16O2/c1-14(2,9-15)11-7-3-5-10-6-4-8-12(16)13(10)11/h3-8,15-16H,9H2,1-2H3. The predicted molar refractivity (Wildman–Crippen MR) is 65.7 cm³/mol. The Morgan fingerprint density at radius 2 is 1.69 bits per heavy atom. The van der Waals surface area contributed by atoms with Crippen LogP contribution in [0, 0.1) is 0 Å². The van der Waals surface area contributed by atoms with Crippen molar-refractivity contribution >= 4 is 10.8 Å². The summed E-state index contributed by atoms with van der Waals surface area (Å²) in [4.78, 5) is 0. The molecule has 2 N–H and O–H groups in total. The number of phenols is 1. The smallest absolute Gasteiger partial charge is 0.123 e. The highest BCUT2D eigenvalue weighted by molar-refractivity contribution is 5.91. The molecule has 0 unspecified atom stereocenters. The third kappa shape index (κ3) is 1.65. The third-order valence-corrected chi connectivity index (χ3v) is 3.01. The first kappa shape index (κ1) is 11.0. The second-order valence-electron chi connectivity index (χ2n) is 4.72. The first-order valence-corrected chi connectivity index (χ1v) is 5.38. The molecule has 16 heavy (non-hydrogen) atoms. The molecule has 0 saturated carbocycles. The van der Waals surface area contributed by atoms with Gasteiger partial charge in [-0.05, 0) is 17.0 Å². The summed E-state index contributed by atoms with van der Waals surface area (Å²) in [6, 6.07) is 11.3. The zero-order chi connectivity index (χ0) is 11.8. The molecule has 84 valence electrons. The quantitative estimate of drug-likeness (QED) is 0.810. The van der Waals surface area contributed by atoms with Crippen LogP contribution < -0.4 is 0 Å². The number of hydrogen-bond donors (Lipinski definition) is 2. The van der Waals surface area contributed by atoms with Crippen LogP contribution in [0.15, 0.2) is 36.4 Å². The van der Waals surface area contributed by atoms with Gasteiger partial charge in [0.1, 0.15) is 5.75 Å². The average Bonchev–Trinajstić information content (AvgIpc) is 2.29. The summed E-state index contributed by atoms with van der Waals surface area (Å²) in [6.45, 7) is 3.99. The number of benzene rings is 2. The lowest BCUT2D eigenvalue weighted by atomic mass is 9.82. The number of phenolic OH excluding ortho intramolecular Hbond substituents is 1. The summed E-state index contributed by atoms with van der Waals surface area (Å²) in [5.41, 5.74) is 0.629. The lowest BCUT2D eigenvalue weighted by Crippen LogP contribution is -2.22. The molecule has 0 aliphatic carbocycles. The fourth-order valence-corrected chi connectivity index (χ4v) is 1.97. The normalized spacial score (nSPS) is 11.9. The van der Waals surface area contributed by atoms with E-state index in [9.17, 15) is 10.2 Å². The van der Waals surface area contributed by atoms with Gasteiger partial charge >= 0.3 is 0 Å². The van der Waals surface area contributed by atoms with Crippen molar-refractivity contribution in [3.63, 3.8) is 0 Å².